The lowest BCUT2D eigenvalue weighted by atomic mass is 9.93. The molecule has 0 aliphatic heterocycles. The summed E-state index contributed by atoms with van der Waals surface area (Å²) in [7, 11) is 0. The van der Waals surface area contributed by atoms with Crippen LogP contribution >= 0.6 is 11.6 Å². The van der Waals surface area contributed by atoms with Gasteiger partial charge in [0.1, 0.15) is 0 Å². The van der Waals surface area contributed by atoms with Gasteiger partial charge in [-0.1, -0.05) is 24.1 Å². The van der Waals surface area contributed by atoms with Crippen molar-refractivity contribution in [3.63, 3.8) is 0 Å². The fourth-order valence-electron chi connectivity index (χ4n) is 2.01. The van der Waals surface area contributed by atoms with Crippen molar-refractivity contribution in [3.05, 3.63) is 28.8 Å². The van der Waals surface area contributed by atoms with Gasteiger partial charge in [0.25, 0.3) is 0 Å². The predicted molar refractivity (Wildman–Crippen MR) is 74.9 cm³/mol. The second-order valence-corrected chi connectivity index (χ2v) is 5.26. The first-order chi connectivity index (χ1) is 8.25. The minimum absolute atomic E-state index is 0.794. The Morgan fingerprint density at radius 3 is 2.82 bits per heavy atom. The van der Waals surface area contributed by atoms with Crippen LogP contribution in [0.5, 0.6) is 0 Å². The summed E-state index contributed by atoms with van der Waals surface area (Å²) >= 11 is 5.97. The van der Waals surface area contributed by atoms with Gasteiger partial charge < -0.3 is 10.6 Å². The lowest BCUT2D eigenvalue weighted by Gasteiger charge is -2.26. The first-order valence-corrected chi connectivity index (χ1v) is 6.87. The van der Waals surface area contributed by atoms with E-state index >= 15 is 0 Å². The molecule has 1 aliphatic carbocycles. The number of rotatable bonds is 6. The molecule has 0 aromatic heterocycles. The molecule has 2 nitrogen and oxygen atoms in total. The molecule has 0 bridgehead atoms. The van der Waals surface area contributed by atoms with Gasteiger partial charge in [0, 0.05) is 23.3 Å². The Morgan fingerprint density at radius 2 is 2.12 bits per heavy atom. The molecule has 0 radical (unpaired) electrons. The molecule has 1 saturated carbocycles. The average molecular weight is 253 g/mol. The third-order valence-corrected chi connectivity index (χ3v) is 3.64. The van der Waals surface area contributed by atoms with Gasteiger partial charge in [-0.05, 0) is 50.4 Å². The Kier molecular flexibility index (Phi) is 4.69. The van der Waals surface area contributed by atoms with Gasteiger partial charge in [-0.2, -0.15) is 0 Å². The summed E-state index contributed by atoms with van der Waals surface area (Å²) in [5, 5.41) is 7.80. The van der Waals surface area contributed by atoms with Crippen molar-refractivity contribution < 1.29 is 0 Å². The number of halogens is 1. The fraction of sp³-hybridized carbons (Fsp3) is 0.571. The van der Waals surface area contributed by atoms with E-state index in [1.807, 2.05) is 12.1 Å². The van der Waals surface area contributed by atoms with Crippen LogP contribution in [0.3, 0.4) is 0 Å². The van der Waals surface area contributed by atoms with Gasteiger partial charge in [-0.15, -0.1) is 0 Å². The van der Waals surface area contributed by atoms with Crippen molar-refractivity contribution in [2.45, 2.75) is 38.6 Å². The van der Waals surface area contributed by atoms with E-state index in [-0.39, 0.29) is 0 Å². The number of nitrogens with one attached hydrogen (secondary N) is 2. The van der Waals surface area contributed by atoms with E-state index in [0.717, 1.165) is 36.3 Å². The van der Waals surface area contributed by atoms with Crippen LogP contribution in [-0.2, 0) is 0 Å². The van der Waals surface area contributed by atoms with Crippen molar-refractivity contribution in [2.75, 3.05) is 18.4 Å². The van der Waals surface area contributed by atoms with Gasteiger partial charge >= 0.3 is 0 Å². The van der Waals surface area contributed by atoms with Crippen molar-refractivity contribution >= 4 is 17.3 Å². The van der Waals surface area contributed by atoms with Crippen molar-refractivity contribution in [1.29, 1.82) is 0 Å². The van der Waals surface area contributed by atoms with Crippen LogP contribution in [0.15, 0.2) is 18.2 Å². The van der Waals surface area contributed by atoms with Crippen LogP contribution in [0.4, 0.5) is 5.69 Å². The number of anilines is 1. The van der Waals surface area contributed by atoms with Crippen LogP contribution in [0.1, 0.15) is 31.2 Å². The summed E-state index contributed by atoms with van der Waals surface area (Å²) in [4.78, 5) is 0. The molecule has 0 saturated heterocycles. The van der Waals surface area contributed by atoms with Gasteiger partial charge in [0.05, 0.1) is 0 Å². The van der Waals surface area contributed by atoms with E-state index in [4.69, 9.17) is 11.6 Å². The average Bonchev–Trinajstić information content (AvgIpc) is 2.25. The smallest absolute Gasteiger partial charge is 0.0426 e. The van der Waals surface area contributed by atoms with Crippen LogP contribution in [0.2, 0.25) is 5.02 Å². The Bertz CT molecular complexity index is 361. The molecule has 3 heteroatoms. The number of aryl methyl sites for hydroxylation is 1. The largest absolute Gasteiger partial charge is 0.385 e. The molecule has 17 heavy (non-hydrogen) atoms. The molecule has 2 N–H and O–H groups in total. The summed E-state index contributed by atoms with van der Waals surface area (Å²) in [5.74, 6) is 0. The molecular weight excluding hydrogens is 232 g/mol. The number of benzene rings is 1. The van der Waals surface area contributed by atoms with Crippen molar-refractivity contribution in [2.24, 2.45) is 0 Å². The van der Waals surface area contributed by atoms with Crippen LogP contribution in [0, 0.1) is 6.92 Å². The standard InChI is InChI=1S/C14H21ClN2/c1-11-6-7-12(15)10-14(11)17-9-3-8-16-13-4-2-5-13/h6-7,10,13,16-17H,2-5,8-9H2,1H3. The van der Waals surface area contributed by atoms with Gasteiger partial charge in [0.2, 0.25) is 0 Å². The zero-order chi connectivity index (χ0) is 12.1. The Balaban J connectivity index is 1.65. The monoisotopic (exact) mass is 252 g/mol. The minimum Gasteiger partial charge on any atom is -0.385 e. The maximum atomic E-state index is 5.97. The predicted octanol–water partition coefficient (Wildman–Crippen LogP) is 3.59. The Morgan fingerprint density at radius 1 is 1.29 bits per heavy atom. The summed E-state index contributed by atoms with van der Waals surface area (Å²) in [6.07, 6.45) is 5.28. The number of hydrogen-bond donors (Lipinski definition) is 2. The summed E-state index contributed by atoms with van der Waals surface area (Å²) < 4.78 is 0. The highest BCUT2D eigenvalue weighted by molar-refractivity contribution is 6.30. The van der Waals surface area contributed by atoms with Crippen molar-refractivity contribution in [3.8, 4) is 0 Å². The van der Waals surface area contributed by atoms with Crippen LogP contribution in [-0.4, -0.2) is 19.1 Å². The molecule has 2 rings (SSSR count). The quantitative estimate of drug-likeness (QED) is 0.756. The molecule has 1 aromatic carbocycles. The molecule has 0 spiro atoms. The lowest BCUT2D eigenvalue weighted by molar-refractivity contribution is 0.340. The molecule has 1 fully saturated rings. The molecular formula is C14H21ClN2. The highest BCUT2D eigenvalue weighted by atomic mass is 35.5. The molecule has 0 heterocycles. The highest BCUT2D eigenvalue weighted by Crippen LogP contribution is 2.20. The van der Waals surface area contributed by atoms with Gasteiger partial charge in [-0.25, -0.2) is 0 Å². The van der Waals surface area contributed by atoms with E-state index in [0.29, 0.717) is 0 Å². The summed E-state index contributed by atoms with van der Waals surface area (Å²) in [6, 6.07) is 6.77. The number of hydrogen-bond acceptors (Lipinski definition) is 2. The summed E-state index contributed by atoms with van der Waals surface area (Å²) in [6.45, 7) is 4.21. The third-order valence-electron chi connectivity index (χ3n) is 3.41. The zero-order valence-corrected chi connectivity index (χ0v) is 11.2. The van der Waals surface area contributed by atoms with E-state index in [1.165, 1.54) is 24.8 Å². The van der Waals surface area contributed by atoms with E-state index < -0.39 is 0 Å². The molecule has 0 atom stereocenters. The normalized spacial score (nSPS) is 15.6. The minimum atomic E-state index is 0.794. The highest BCUT2D eigenvalue weighted by Gasteiger charge is 2.15. The molecule has 0 unspecified atom stereocenters. The second kappa shape index (κ2) is 6.27. The van der Waals surface area contributed by atoms with E-state index in [1.54, 1.807) is 0 Å². The van der Waals surface area contributed by atoms with E-state index in [2.05, 4.69) is 23.6 Å². The molecule has 94 valence electrons. The Hall–Kier alpha value is -0.730. The lowest BCUT2D eigenvalue weighted by Crippen LogP contribution is -2.36. The van der Waals surface area contributed by atoms with Gasteiger partial charge in [0.15, 0.2) is 0 Å². The summed E-state index contributed by atoms with van der Waals surface area (Å²) in [5.41, 5.74) is 2.41. The van der Waals surface area contributed by atoms with Crippen LogP contribution < -0.4 is 10.6 Å². The van der Waals surface area contributed by atoms with Gasteiger partial charge in [-0.3, -0.25) is 0 Å². The van der Waals surface area contributed by atoms with E-state index in [9.17, 15) is 0 Å². The Labute approximate surface area is 109 Å². The first kappa shape index (κ1) is 12.7. The SMILES string of the molecule is Cc1ccc(Cl)cc1NCCCNC1CCC1. The molecule has 0 amide bonds. The first-order valence-electron chi connectivity index (χ1n) is 6.49. The van der Waals surface area contributed by atoms with Crippen molar-refractivity contribution in [1.82, 2.24) is 5.32 Å². The maximum Gasteiger partial charge on any atom is 0.0426 e. The maximum absolute atomic E-state index is 5.97. The molecule has 1 aromatic rings. The van der Waals surface area contributed by atoms with Crippen LogP contribution in [0.25, 0.3) is 0 Å². The fourth-order valence-corrected chi connectivity index (χ4v) is 2.19. The second-order valence-electron chi connectivity index (χ2n) is 4.82. The molecule has 1 aliphatic rings. The topological polar surface area (TPSA) is 24.1 Å². The zero-order valence-electron chi connectivity index (χ0n) is 10.4. The third kappa shape index (κ3) is 3.90.